The highest BCUT2D eigenvalue weighted by Gasteiger charge is 2.31. The molecule has 1 aliphatic heterocycles. The maximum atomic E-state index is 12.8. The summed E-state index contributed by atoms with van der Waals surface area (Å²) in [6.45, 7) is 9.69. The highest BCUT2D eigenvalue weighted by molar-refractivity contribution is 6.07. The van der Waals surface area contributed by atoms with Crippen LogP contribution < -0.4 is 10.6 Å². The first-order valence-electron chi connectivity index (χ1n) is 11.8. The van der Waals surface area contributed by atoms with Crippen molar-refractivity contribution in [3.05, 3.63) is 35.5 Å². The molecule has 3 N–H and O–H groups in total. The molecule has 2 fully saturated rings. The zero-order valence-electron chi connectivity index (χ0n) is 19.4. The second-order valence-electron chi connectivity index (χ2n) is 10.3. The normalized spacial score (nSPS) is 22.1. The Morgan fingerprint density at radius 1 is 1.16 bits per heavy atom. The molecule has 2 aromatic heterocycles. The van der Waals surface area contributed by atoms with E-state index >= 15 is 0 Å². The van der Waals surface area contributed by atoms with Crippen molar-refractivity contribution < 1.29 is 15.4 Å². The molecule has 32 heavy (non-hydrogen) atoms. The minimum absolute atomic E-state index is 0. The topological polar surface area (TPSA) is 103 Å². The Balaban J connectivity index is 0.00000306. The Labute approximate surface area is 191 Å². The van der Waals surface area contributed by atoms with Gasteiger partial charge in [0.05, 0.1) is 18.4 Å². The van der Waals surface area contributed by atoms with Crippen molar-refractivity contribution in [3.63, 3.8) is 0 Å². The van der Waals surface area contributed by atoms with Crippen molar-refractivity contribution in [2.45, 2.75) is 71.9 Å². The van der Waals surface area contributed by atoms with E-state index in [-0.39, 0.29) is 30.7 Å². The van der Waals surface area contributed by atoms with E-state index in [4.69, 9.17) is 4.42 Å². The number of nitrogens with zero attached hydrogens (tertiary/aromatic N) is 2. The van der Waals surface area contributed by atoms with Gasteiger partial charge in [-0.3, -0.25) is 19.6 Å². The van der Waals surface area contributed by atoms with E-state index in [0.717, 1.165) is 44.5 Å². The van der Waals surface area contributed by atoms with Gasteiger partial charge in [0.25, 0.3) is 11.8 Å². The van der Waals surface area contributed by atoms with Crippen LogP contribution >= 0.6 is 0 Å². The number of furan rings is 1. The fourth-order valence-electron chi connectivity index (χ4n) is 4.85. The van der Waals surface area contributed by atoms with E-state index in [9.17, 15) is 9.59 Å². The van der Waals surface area contributed by atoms with Crippen LogP contribution in [0.5, 0.6) is 0 Å². The fourth-order valence-corrected chi connectivity index (χ4v) is 4.85. The Bertz CT molecular complexity index is 934. The second kappa shape index (κ2) is 9.48. The molecule has 0 aromatic carbocycles. The van der Waals surface area contributed by atoms with Crippen LogP contribution in [0.3, 0.4) is 0 Å². The first kappa shape index (κ1) is 22.6. The minimum Gasteiger partial charge on any atom is -0.455 e. The van der Waals surface area contributed by atoms with Crippen LogP contribution in [0.25, 0.3) is 0 Å². The summed E-state index contributed by atoms with van der Waals surface area (Å²) < 4.78 is 5.73. The number of nitrogens with one attached hydrogen (secondary N) is 3. The van der Waals surface area contributed by atoms with E-state index in [2.05, 4.69) is 46.5 Å². The Morgan fingerprint density at radius 2 is 1.88 bits per heavy atom. The maximum Gasteiger partial charge on any atom is 0.291 e. The number of H-pyrrole nitrogens is 1. The highest BCUT2D eigenvalue weighted by atomic mass is 16.4. The number of aromatic amines is 1. The average Bonchev–Trinajstić information content (AvgIpc) is 3.50. The van der Waals surface area contributed by atoms with Gasteiger partial charge in [0.15, 0.2) is 5.76 Å². The smallest absolute Gasteiger partial charge is 0.291 e. The molecule has 8 heteroatoms. The number of carbonyl (C=O) groups is 2. The number of aromatic nitrogens is 2. The zero-order chi connectivity index (χ0) is 22.7. The molecule has 2 aliphatic rings. The third-order valence-corrected chi connectivity index (χ3v) is 6.87. The van der Waals surface area contributed by atoms with Crippen molar-refractivity contribution in [1.29, 1.82) is 0 Å². The molecule has 1 saturated heterocycles. The standard InChI is InChI=1S/C24H35N5O3.H2/c1-24(2,3)16-6-8-17(9-7-16)26-23(31)21-19(14-25-28-21)27-22(30)20-11-10-18(32-20)15-29-12-4-5-13-29;/h10-11,14,16-17H,4-9,12-13,15H2,1-3H3,(H,25,28)(H,26,31)(H,27,30);1H. The van der Waals surface area contributed by atoms with Gasteiger partial charge in [-0.15, -0.1) is 0 Å². The van der Waals surface area contributed by atoms with Crippen LogP contribution in [-0.2, 0) is 6.54 Å². The summed E-state index contributed by atoms with van der Waals surface area (Å²) in [5, 5.41) is 12.5. The van der Waals surface area contributed by atoms with Crippen LogP contribution in [0.4, 0.5) is 5.69 Å². The fraction of sp³-hybridized carbons (Fsp3) is 0.625. The summed E-state index contributed by atoms with van der Waals surface area (Å²) >= 11 is 0. The lowest BCUT2D eigenvalue weighted by atomic mass is 9.71. The molecule has 8 nitrogen and oxygen atoms in total. The first-order chi connectivity index (χ1) is 15.3. The third kappa shape index (κ3) is 5.41. The van der Waals surface area contributed by atoms with Crippen LogP contribution in [-0.4, -0.2) is 46.0 Å². The summed E-state index contributed by atoms with van der Waals surface area (Å²) in [6.07, 6.45) is 8.02. The Hall–Kier alpha value is -2.61. The monoisotopic (exact) mass is 443 g/mol. The van der Waals surface area contributed by atoms with Crippen LogP contribution in [0.15, 0.2) is 22.7 Å². The number of carbonyl (C=O) groups excluding carboxylic acids is 2. The Morgan fingerprint density at radius 3 is 2.56 bits per heavy atom. The van der Waals surface area contributed by atoms with Gasteiger partial charge in [-0.05, 0) is 75.1 Å². The van der Waals surface area contributed by atoms with E-state index in [1.54, 1.807) is 6.07 Å². The molecule has 176 valence electrons. The third-order valence-electron chi connectivity index (χ3n) is 6.87. The predicted octanol–water partition coefficient (Wildman–Crippen LogP) is 4.43. The highest BCUT2D eigenvalue weighted by Crippen LogP contribution is 2.37. The lowest BCUT2D eigenvalue weighted by Crippen LogP contribution is -2.39. The lowest BCUT2D eigenvalue weighted by molar-refractivity contribution is 0.0900. The molecule has 0 spiro atoms. The van der Waals surface area contributed by atoms with Crippen molar-refractivity contribution >= 4 is 17.5 Å². The van der Waals surface area contributed by atoms with E-state index in [0.29, 0.717) is 23.6 Å². The average molecular weight is 444 g/mol. The molecular formula is C24H37N5O3. The number of anilines is 1. The largest absolute Gasteiger partial charge is 0.455 e. The van der Waals surface area contributed by atoms with Crippen LogP contribution in [0.2, 0.25) is 0 Å². The molecule has 2 amide bonds. The van der Waals surface area contributed by atoms with Crippen LogP contribution in [0, 0.1) is 11.3 Å². The molecule has 0 radical (unpaired) electrons. The van der Waals surface area contributed by atoms with Gasteiger partial charge in [0, 0.05) is 7.47 Å². The minimum atomic E-state index is -0.390. The number of amides is 2. The second-order valence-corrected chi connectivity index (χ2v) is 10.3. The van der Waals surface area contributed by atoms with Gasteiger partial charge in [-0.2, -0.15) is 5.10 Å². The number of hydrogen-bond donors (Lipinski definition) is 3. The molecular weight excluding hydrogens is 406 g/mol. The quantitative estimate of drug-likeness (QED) is 0.613. The maximum absolute atomic E-state index is 12.8. The molecule has 1 saturated carbocycles. The summed E-state index contributed by atoms with van der Waals surface area (Å²) in [4.78, 5) is 27.8. The van der Waals surface area contributed by atoms with Crippen molar-refractivity contribution in [1.82, 2.24) is 20.4 Å². The zero-order valence-corrected chi connectivity index (χ0v) is 19.4. The van der Waals surface area contributed by atoms with Crippen molar-refractivity contribution in [3.8, 4) is 0 Å². The number of likely N-dealkylation sites (tertiary alicyclic amines) is 1. The first-order valence-corrected chi connectivity index (χ1v) is 11.8. The number of hydrogen-bond acceptors (Lipinski definition) is 5. The summed E-state index contributed by atoms with van der Waals surface area (Å²) in [5.41, 5.74) is 0.921. The SMILES string of the molecule is CC(C)(C)C1CCC(NC(=O)c2[nH]ncc2NC(=O)c2ccc(CN3CCCC3)o2)CC1.[HH]. The van der Waals surface area contributed by atoms with Gasteiger partial charge in [0.2, 0.25) is 0 Å². The molecule has 4 rings (SSSR count). The molecule has 0 unspecified atom stereocenters. The van der Waals surface area contributed by atoms with Gasteiger partial charge >= 0.3 is 0 Å². The van der Waals surface area contributed by atoms with Crippen molar-refractivity contribution in [2.75, 3.05) is 18.4 Å². The van der Waals surface area contributed by atoms with E-state index < -0.39 is 0 Å². The Kier molecular flexibility index (Phi) is 6.69. The molecule has 2 aromatic rings. The molecule has 3 heterocycles. The van der Waals surface area contributed by atoms with Gasteiger partial charge in [-0.25, -0.2) is 0 Å². The van der Waals surface area contributed by atoms with Crippen LogP contribution in [0.1, 0.15) is 87.5 Å². The summed E-state index contributed by atoms with van der Waals surface area (Å²) in [6, 6.07) is 3.66. The van der Waals surface area contributed by atoms with E-state index in [1.165, 1.54) is 19.0 Å². The van der Waals surface area contributed by atoms with Crippen molar-refractivity contribution in [2.24, 2.45) is 11.3 Å². The van der Waals surface area contributed by atoms with Gasteiger partial charge < -0.3 is 15.1 Å². The molecule has 0 bridgehead atoms. The molecule has 1 aliphatic carbocycles. The predicted molar refractivity (Wildman–Crippen MR) is 125 cm³/mol. The number of rotatable bonds is 6. The van der Waals surface area contributed by atoms with Gasteiger partial charge in [0.1, 0.15) is 11.5 Å². The van der Waals surface area contributed by atoms with Gasteiger partial charge in [-0.1, -0.05) is 20.8 Å². The summed E-state index contributed by atoms with van der Waals surface area (Å²) in [7, 11) is 0. The summed E-state index contributed by atoms with van der Waals surface area (Å²) in [5.74, 6) is 1.05. The molecule has 0 atom stereocenters. The lowest BCUT2D eigenvalue weighted by Gasteiger charge is -2.37. The van der Waals surface area contributed by atoms with E-state index in [1.807, 2.05) is 6.07 Å².